The molecular formula is C11H13NO3. The van der Waals surface area contributed by atoms with Gasteiger partial charge in [-0.25, -0.2) is 4.79 Å². The van der Waals surface area contributed by atoms with Crippen molar-refractivity contribution < 1.29 is 14.7 Å². The third-order valence-electron chi connectivity index (χ3n) is 2.12. The Morgan fingerprint density at radius 3 is 2.53 bits per heavy atom. The van der Waals surface area contributed by atoms with Crippen LogP contribution in [0.4, 0.5) is 0 Å². The van der Waals surface area contributed by atoms with Crippen LogP contribution in [-0.4, -0.2) is 22.9 Å². The van der Waals surface area contributed by atoms with Gasteiger partial charge in [-0.15, -0.1) is 0 Å². The molecule has 0 fully saturated rings. The molecule has 4 heteroatoms. The van der Waals surface area contributed by atoms with E-state index in [2.05, 4.69) is 0 Å². The lowest BCUT2D eigenvalue weighted by molar-refractivity contribution is -0.119. The topological polar surface area (TPSA) is 80.4 Å². The third kappa shape index (κ3) is 2.89. The zero-order valence-corrected chi connectivity index (χ0v) is 8.43. The zero-order valence-electron chi connectivity index (χ0n) is 8.43. The summed E-state index contributed by atoms with van der Waals surface area (Å²) in [7, 11) is 0. The van der Waals surface area contributed by atoms with E-state index in [9.17, 15) is 9.59 Å². The highest BCUT2D eigenvalue weighted by molar-refractivity contribution is 5.93. The van der Waals surface area contributed by atoms with Gasteiger partial charge in [0.05, 0.1) is 11.6 Å². The van der Waals surface area contributed by atoms with Crippen LogP contribution in [-0.2, 0) is 11.2 Å². The van der Waals surface area contributed by atoms with Crippen LogP contribution in [0.3, 0.4) is 0 Å². The highest BCUT2D eigenvalue weighted by atomic mass is 16.4. The SMILES string of the molecule is CC(N)C(=O)Cc1ccccc1C(=O)O. The molecule has 0 saturated heterocycles. The van der Waals surface area contributed by atoms with Crippen LogP contribution < -0.4 is 5.73 Å². The first-order valence-electron chi connectivity index (χ1n) is 4.62. The second-order valence-electron chi connectivity index (χ2n) is 3.39. The van der Waals surface area contributed by atoms with Crippen LogP contribution in [0.1, 0.15) is 22.8 Å². The summed E-state index contributed by atoms with van der Waals surface area (Å²) < 4.78 is 0. The smallest absolute Gasteiger partial charge is 0.335 e. The minimum absolute atomic E-state index is 0.0696. The molecule has 0 heterocycles. The van der Waals surface area contributed by atoms with E-state index in [0.29, 0.717) is 5.56 Å². The van der Waals surface area contributed by atoms with Gasteiger partial charge in [0.25, 0.3) is 0 Å². The van der Waals surface area contributed by atoms with E-state index in [0.717, 1.165) is 0 Å². The molecule has 4 nitrogen and oxygen atoms in total. The second-order valence-corrected chi connectivity index (χ2v) is 3.39. The Kier molecular flexibility index (Phi) is 3.57. The van der Waals surface area contributed by atoms with E-state index in [1.54, 1.807) is 25.1 Å². The minimum Gasteiger partial charge on any atom is -0.478 e. The van der Waals surface area contributed by atoms with Crippen LogP contribution in [0.5, 0.6) is 0 Å². The molecule has 0 saturated carbocycles. The van der Waals surface area contributed by atoms with Gasteiger partial charge in [-0.05, 0) is 18.6 Å². The van der Waals surface area contributed by atoms with Crippen LogP contribution in [0, 0.1) is 0 Å². The molecule has 1 rings (SSSR count). The molecule has 1 atom stereocenters. The fraction of sp³-hybridized carbons (Fsp3) is 0.273. The van der Waals surface area contributed by atoms with Gasteiger partial charge in [0, 0.05) is 6.42 Å². The van der Waals surface area contributed by atoms with E-state index in [1.165, 1.54) is 6.07 Å². The van der Waals surface area contributed by atoms with Crippen LogP contribution >= 0.6 is 0 Å². The number of hydrogen-bond donors (Lipinski definition) is 2. The van der Waals surface area contributed by atoms with E-state index in [-0.39, 0.29) is 17.8 Å². The fourth-order valence-electron chi connectivity index (χ4n) is 1.23. The first-order chi connectivity index (χ1) is 7.02. The van der Waals surface area contributed by atoms with Crippen molar-refractivity contribution in [1.82, 2.24) is 0 Å². The third-order valence-corrected chi connectivity index (χ3v) is 2.12. The molecule has 15 heavy (non-hydrogen) atoms. The number of rotatable bonds is 4. The first kappa shape index (κ1) is 11.4. The van der Waals surface area contributed by atoms with Crippen molar-refractivity contribution in [3.63, 3.8) is 0 Å². The number of carbonyl (C=O) groups is 2. The summed E-state index contributed by atoms with van der Waals surface area (Å²) in [6, 6.07) is 5.88. The Bertz CT molecular complexity index is 385. The number of Topliss-reactive ketones (excluding diaryl/α,β-unsaturated/α-hetero) is 1. The predicted octanol–water partition coefficient (Wildman–Crippen LogP) is 0.844. The molecule has 1 aromatic carbocycles. The van der Waals surface area contributed by atoms with Gasteiger partial charge in [-0.3, -0.25) is 4.79 Å². The van der Waals surface area contributed by atoms with Crippen LogP contribution in [0.2, 0.25) is 0 Å². The van der Waals surface area contributed by atoms with Gasteiger partial charge in [0.1, 0.15) is 0 Å². The van der Waals surface area contributed by atoms with Crippen molar-refractivity contribution in [2.24, 2.45) is 5.73 Å². The number of aromatic carboxylic acids is 1. The molecule has 0 aliphatic carbocycles. The maximum atomic E-state index is 11.4. The number of carboxylic acid groups (broad SMARTS) is 1. The number of carbonyl (C=O) groups excluding carboxylic acids is 1. The zero-order chi connectivity index (χ0) is 11.4. The Morgan fingerprint density at radius 2 is 2.00 bits per heavy atom. The maximum Gasteiger partial charge on any atom is 0.335 e. The van der Waals surface area contributed by atoms with Crippen molar-refractivity contribution in [3.8, 4) is 0 Å². The lowest BCUT2D eigenvalue weighted by atomic mass is 10.00. The van der Waals surface area contributed by atoms with Crippen molar-refractivity contribution in [3.05, 3.63) is 35.4 Å². The van der Waals surface area contributed by atoms with Gasteiger partial charge in [-0.2, -0.15) is 0 Å². The van der Waals surface area contributed by atoms with E-state index in [4.69, 9.17) is 10.8 Å². The number of benzene rings is 1. The van der Waals surface area contributed by atoms with Crippen molar-refractivity contribution >= 4 is 11.8 Å². The Labute approximate surface area is 87.7 Å². The molecule has 0 radical (unpaired) electrons. The van der Waals surface area contributed by atoms with Crippen molar-refractivity contribution in [2.45, 2.75) is 19.4 Å². The van der Waals surface area contributed by atoms with Gasteiger partial charge in [-0.1, -0.05) is 18.2 Å². The molecule has 0 spiro atoms. The van der Waals surface area contributed by atoms with Crippen LogP contribution in [0.25, 0.3) is 0 Å². The number of nitrogens with two attached hydrogens (primary N) is 1. The van der Waals surface area contributed by atoms with Gasteiger partial charge in [0.2, 0.25) is 0 Å². The summed E-state index contributed by atoms with van der Waals surface area (Å²) in [5.74, 6) is -1.19. The van der Waals surface area contributed by atoms with Gasteiger partial charge in [0.15, 0.2) is 5.78 Å². The Hall–Kier alpha value is -1.68. The summed E-state index contributed by atoms with van der Waals surface area (Å²) in [5, 5.41) is 8.87. The van der Waals surface area contributed by atoms with Crippen molar-refractivity contribution in [1.29, 1.82) is 0 Å². The molecule has 0 aliphatic rings. The Balaban J connectivity index is 2.94. The molecule has 0 aromatic heterocycles. The molecule has 3 N–H and O–H groups in total. The second kappa shape index (κ2) is 4.70. The monoisotopic (exact) mass is 207 g/mol. The predicted molar refractivity (Wildman–Crippen MR) is 55.8 cm³/mol. The van der Waals surface area contributed by atoms with Crippen LogP contribution in [0.15, 0.2) is 24.3 Å². The number of ketones is 1. The van der Waals surface area contributed by atoms with E-state index in [1.807, 2.05) is 0 Å². The minimum atomic E-state index is -1.02. The Morgan fingerprint density at radius 1 is 1.40 bits per heavy atom. The molecular weight excluding hydrogens is 194 g/mol. The largest absolute Gasteiger partial charge is 0.478 e. The molecule has 1 unspecified atom stereocenters. The average Bonchev–Trinajstić information content (AvgIpc) is 2.18. The molecule has 80 valence electrons. The maximum absolute atomic E-state index is 11.4. The summed E-state index contributed by atoms with van der Waals surface area (Å²) in [6.45, 7) is 1.59. The molecule has 0 bridgehead atoms. The highest BCUT2D eigenvalue weighted by Crippen LogP contribution is 2.10. The lowest BCUT2D eigenvalue weighted by Gasteiger charge is -2.06. The summed E-state index contributed by atoms with van der Waals surface area (Å²) in [4.78, 5) is 22.2. The highest BCUT2D eigenvalue weighted by Gasteiger charge is 2.14. The van der Waals surface area contributed by atoms with E-state index >= 15 is 0 Å². The summed E-state index contributed by atoms with van der Waals surface area (Å²) >= 11 is 0. The quantitative estimate of drug-likeness (QED) is 0.766. The molecule has 0 aliphatic heterocycles. The van der Waals surface area contributed by atoms with Crippen molar-refractivity contribution in [2.75, 3.05) is 0 Å². The molecule has 1 aromatic rings. The fourth-order valence-corrected chi connectivity index (χ4v) is 1.23. The summed E-state index contributed by atoms with van der Waals surface area (Å²) in [6.07, 6.45) is 0.0696. The number of hydrogen-bond acceptors (Lipinski definition) is 3. The number of carboxylic acids is 1. The van der Waals surface area contributed by atoms with E-state index < -0.39 is 12.0 Å². The van der Waals surface area contributed by atoms with Gasteiger partial charge >= 0.3 is 5.97 Å². The summed E-state index contributed by atoms with van der Waals surface area (Å²) in [5.41, 5.74) is 6.08. The normalized spacial score (nSPS) is 12.1. The average molecular weight is 207 g/mol. The lowest BCUT2D eigenvalue weighted by Crippen LogP contribution is -2.28. The first-order valence-corrected chi connectivity index (χ1v) is 4.62. The molecule has 0 amide bonds. The van der Waals surface area contributed by atoms with Gasteiger partial charge < -0.3 is 10.8 Å². The standard InChI is InChI=1S/C11H13NO3/c1-7(12)10(13)6-8-4-2-3-5-9(8)11(14)15/h2-5,7H,6,12H2,1H3,(H,14,15).